The molecule has 1 aliphatic rings. The van der Waals surface area contributed by atoms with Gasteiger partial charge in [0.05, 0.1) is 6.61 Å². The molecule has 1 aromatic carbocycles. The SMILES string of the molecule is CCC(C)COc1ccc2c(c1)CCC2N. The molecule has 1 aromatic rings. The van der Waals surface area contributed by atoms with E-state index in [9.17, 15) is 0 Å². The Kier molecular flexibility index (Phi) is 3.49. The van der Waals surface area contributed by atoms with Crippen molar-refractivity contribution >= 4 is 0 Å². The topological polar surface area (TPSA) is 35.2 Å². The Hall–Kier alpha value is -1.02. The van der Waals surface area contributed by atoms with Crippen LogP contribution in [0.3, 0.4) is 0 Å². The van der Waals surface area contributed by atoms with Gasteiger partial charge in [0.25, 0.3) is 0 Å². The molecule has 2 heteroatoms. The average Bonchev–Trinajstić information content (AvgIpc) is 2.67. The lowest BCUT2D eigenvalue weighted by Crippen LogP contribution is -2.08. The molecule has 0 aromatic heterocycles. The van der Waals surface area contributed by atoms with Crippen LogP contribution in [0.2, 0.25) is 0 Å². The largest absolute Gasteiger partial charge is 0.493 e. The smallest absolute Gasteiger partial charge is 0.119 e. The van der Waals surface area contributed by atoms with Crippen LogP contribution in [0.1, 0.15) is 43.9 Å². The van der Waals surface area contributed by atoms with Crippen molar-refractivity contribution in [2.45, 2.75) is 39.2 Å². The van der Waals surface area contributed by atoms with Crippen molar-refractivity contribution in [2.75, 3.05) is 6.61 Å². The maximum Gasteiger partial charge on any atom is 0.119 e. The third-order valence-electron chi connectivity index (χ3n) is 3.47. The van der Waals surface area contributed by atoms with E-state index in [2.05, 4.69) is 26.0 Å². The fourth-order valence-corrected chi connectivity index (χ4v) is 2.07. The zero-order chi connectivity index (χ0) is 11.5. The highest BCUT2D eigenvalue weighted by molar-refractivity contribution is 5.40. The Balaban J connectivity index is 2.02. The van der Waals surface area contributed by atoms with Gasteiger partial charge in [-0.15, -0.1) is 0 Å². The molecule has 2 nitrogen and oxygen atoms in total. The number of nitrogens with two attached hydrogens (primary N) is 1. The van der Waals surface area contributed by atoms with Gasteiger partial charge in [0, 0.05) is 6.04 Å². The van der Waals surface area contributed by atoms with E-state index in [1.165, 1.54) is 11.1 Å². The van der Waals surface area contributed by atoms with E-state index >= 15 is 0 Å². The normalized spacial score (nSPS) is 20.6. The predicted molar refractivity (Wildman–Crippen MR) is 66.6 cm³/mol. The summed E-state index contributed by atoms with van der Waals surface area (Å²) in [6, 6.07) is 6.56. The molecular formula is C14H21NO. The fourth-order valence-electron chi connectivity index (χ4n) is 2.07. The molecule has 0 spiro atoms. The van der Waals surface area contributed by atoms with Crippen molar-refractivity contribution in [3.05, 3.63) is 29.3 Å². The molecule has 0 amide bonds. The number of ether oxygens (including phenoxy) is 1. The minimum absolute atomic E-state index is 0.235. The van der Waals surface area contributed by atoms with E-state index in [-0.39, 0.29) is 6.04 Å². The summed E-state index contributed by atoms with van der Waals surface area (Å²) >= 11 is 0. The number of aryl methyl sites for hydroxylation is 1. The standard InChI is InChI=1S/C14H21NO/c1-3-10(2)9-16-12-5-6-13-11(8-12)4-7-14(13)15/h5-6,8,10,14H,3-4,7,9,15H2,1-2H3. The van der Waals surface area contributed by atoms with Gasteiger partial charge in [0.1, 0.15) is 5.75 Å². The summed E-state index contributed by atoms with van der Waals surface area (Å²) in [6.45, 7) is 5.21. The van der Waals surface area contributed by atoms with Crippen LogP contribution in [0, 0.1) is 5.92 Å². The Morgan fingerprint density at radius 1 is 1.50 bits per heavy atom. The van der Waals surface area contributed by atoms with Gasteiger partial charge in [-0.1, -0.05) is 26.3 Å². The summed E-state index contributed by atoms with van der Waals surface area (Å²) in [5, 5.41) is 0. The first kappa shape index (κ1) is 11.5. The third kappa shape index (κ3) is 2.38. The number of fused-ring (bicyclic) bond motifs is 1. The van der Waals surface area contributed by atoms with Crippen molar-refractivity contribution in [2.24, 2.45) is 11.7 Å². The number of benzene rings is 1. The van der Waals surface area contributed by atoms with E-state index in [1.807, 2.05) is 6.07 Å². The van der Waals surface area contributed by atoms with Crippen LogP contribution in [0.5, 0.6) is 5.75 Å². The van der Waals surface area contributed by atoms with Gasteiger partial charge >= 0.3 is 0 Å². The van der Waals surface area contributed by atoms with E-state index in [1.54, 1.807) is 0 Å². The van der Waals surface area contributed by atoms with Crippen molar-refractivity contribution in [3.8, 4) is 5.75 Å². The van der Waals surface area contributed by atoms with Crippen molar-refractivity contribution in [1.82, 2.24) is 0 Å². The molecule has 0 radical (unpaired) electrons. The minimum atomic E-state index is 0.235. The molecule has 2 unspecified atom stereocenters. The summed E-state index contributed by atoms with van der Waals surface area (Å²) in [4.78, 5) is 0. The quantitative estimate of drug-likeness (QED) is 0.844. The van der Waals surface area contributed by atoms with Gasteiger partial charge in [0.15, 0.2) is 0 Å². The highest BCUT2D eigenvalue weighted by Crippen LogP contribution is 2.31. The van der Waals surface area contributed by atoms with Gasteiger partial charge in [-0.25, -0.2) is 0 Å². The zero-order valence-corrected chi connectivity index (χ0v) is 10.2. The van der Waals surface area contributed by atoms with Gasteiger partial charge in [-0.2, -0.15) is 0 Å². The molecule has 0 aliphatic heterocycles. The summed E-state index contributed by atoms with van der Waals surface area (Å²) in [6.07, 6.45) is 3.33. The van der Waals surface area contributed by atoms with E-state index < -0.39 is 0 Å². The molecule has 16 heavy (non-hydrogen) atoms. The maximum absolute atomic E-state index is 6.00. The van der Waals surface area contributed by atoms with Crippen LogP contribution in [0.25, 0.3) is 0 Å². The van der Waals surface area contributed by atoms with E-state index in [0.717, 1.165) is 31.6 Å². The Morgan fingerprint density at radius 2 is 2.31 bits per heavy atom. The minimum Gasteiger partial charge on any atom is -0.493 e. The predicted octanol–water partition coefficient (Wildman–Crippen LogP) is 3.06. The van der Waals surface area contributed by atoms with Crippen molar-refractivity contribution in [1.29, 1.82) is 0 Å². The van der Waals surface area contributed by atoms with Crippen LogP contribution in [0.4, 0.5) is 0 Å². The highest BCUT2D eigenvalue weighted by Gasteiger charge is 2.19. The van der Waals surface area contributed by atoms with E-state index in [4.69, 9.17) is 10.5 Å². The molecule has 88 valence electrons. The molecule has 0 bridgehead atoms. The van der Waals surface area contributed by atoms with Crippen LogP contribution in [-0.4, -0.2) is 6.61 Å². The first-order valence-electron chi connectivity index (χ1n) is 6.22. The van der Waals surface area contributed by atoms with Crippen LogP contribution in [0.15, 0.2) is 18.2 Å². The molecular weight excluding hydrogens is 198 g/mol. The highest BCUT2D eigenvalue weighted by atomic mass is 16.5. The number of rotatable bonds is 4. The summed E-state index contributed by atoms with van der Waals surface area (Å²) in [7, 11) is 0. The van der Waals surface area contributed by atoms with Gasteiger partial charge in [0.2, 0.25) is 0 Å². The fraction of sp³-hybridized carbons (Fsp3) is 0.571. The van der Waals surface area contributed by atoms with E-state index in [0.29, 0.717) is 5.92 Å². The van der Waals surface area contributed by atoms with Gasteiger partial charge < -0.3 is 10.5 Å². The van der Waals surface area contributed by atoms with Crippen LogP contribution >= 0.6 is 0 Å². The van der Waals surface area contributed by atoms with Crippen LogP contribution < -0.4 is 10.5 Å². The second kappa shape index (κ2) is 4.88. The number of hydrogen-bond acceptors (Lipinski definition) is 2. The monoisotopic (exact) mass is 219 g/mol. The Bertz CT molecular complexity index is 362. The second-order valence-corrected chi connectivity index (χ2v) is 4.83. The first-order valence-corrected chi connectivity index (χ1v) is 6.22. The molecule has 2 atom stereocenters. The Morgan fingerprint density at radius 3 is 3.06 bits per heavy atom. The zero-order valence-electron chi connectivity index (χ0n) is 10.2. The molecule has 0 heterocycles. The molecule has 0 saturated carbocycles. The second-order valence-electron chi connectivity index (χ2n) is 4.83. The maximum atomic E-state index is 6.00. The summed E-state index contributed by atoms with van der Waals surface area (Å²) < 4.78 is 5.78. The summed E-state index contributed by atoms with van der Waals surface area (Å²) in [5.41, 5.74) is 8.67. The average molecular weight is 219 g/mol. The van der Waals surface area contributed by atoms with Gasteiger partial charge in [-0.3, -0.25) is 0 Å². The molecule has 2 N–H and O–H groups in total. The number of hydrogen-bond donors (Lipinski definition) is 1. The van der Waals surface area contributed by atoms with Crippen LogP contribution in [-0.2, 0) is 6.42 Å². The lowest BCUT2D eigenvalue weighted by atomic mass is 10.1. The Labute approximate surface area is 97.8 Å². The lowest BCUT2D eigenvalue weighted by Gasteiger charge is -2.12. The van der Waals surface area contributed by atoms with Gasteiger partial charge in [-0.05, 0) is 42.0 Å². The molecule has 0 saturated heterocycles. The lowest BCUT2D eigenvalue weighted by molar-refractivity contribution is 0.256. The molecule has 2 rings (SSSR count). The summed E-state index contributed by atoms with van der Waals surface area (Å²) in [5.74, 6) is 1.61. The third-order valence-corrected chi connectivity index (χ3v) is 3.47. The van der Waals surface area contributed by atoms with Crippen molar-refractivity contribution < 1.29 is 4.74 Å². The molecule has 0 fully saturated rings. The molecule has 1 aliphatic carbocycles. The van der Waals surface area contributed by atoms with Crippen molar-refractivity contribution in [3.63, 3.8) is 0 Å². The first-order chi connectivity index (χ1) is 7.70.